The number of nitro groups is 1. The van der Waals surface area contributed by atoms with Crippen molar-refractivity contribution in [2.75, 3.05) is 13.7 Å². The summed E-state index contributed by atoms with van der Waals surface area (Å²) < 4.78 is 45.7. The van der Waals surface area contributed by atoms with E-state index in [0.29, 0.717) is 0 Å². The Morgan fingerprint density at radius 1 is 1.27 bits per heavy atom. The molecule has 0 aliphatic rings. The fourth-order valence-corrected chi connectivity index (χ4v) is 4.33. The number of hydrogen-bond acceptors (Lipinski definition) is 6. The van der Waals surface area contributed by atoms with Crippen LogP contribution >= 0.6 is 11.8 Å². The largest absolute Gasteiger partial charge is 0.383 e. The van der Waals surface area contributed by atoms with Crippen LogP contribution in [-0.4, -0.2) is 33.1 Å². The number of nitrogens with one attached hydrogen (secondary N) is 1. The van der Waals surface area contributed by atoms with Gasteiger partial charge in [-0.3, -0.25) is 10.1 Å². The van der Waals surface area contributed by atoms with Crippen LogP contribution in [0.1, 0.15) is 6.92 Å². The third-order valence-electron chi connectivity index (χ3n) is 3.27. The maximum absolute atomic E-state index is 13.8. The summed E-state index contributed by atoms with van der Waals surface area (Å²) in [5.41, 5.74) is -0.416. The van der Waals surface area contributed by atoms with E-state index in [1.165, 1.54) is 37.4 Å². The molecule has 1 N–H and O–H groups in total. The molecule has 1 atom stereocenters. The fraction of sp³-hybridized carbons (Fsp3) is 0.250. The predicted octanol–water partition coefficient (Wildman–Crippen LogP) is 3.20. The maximum Gasteiger partial charge on any atom is 0.284 e. The number of nitro benzene ring substituents is 1. The van der Waals surface area contributed by atoms with Gasteiger partial charge in [0.25, 0.3) is 5.69 Å². The summed E-state index contributed by atoms with van der Waals surface area (Å²) in [6.45, 7) is 1.76. The number of halogens is 1. The van der Waals surface area contributed by atoms with E-state index in [2.05, 4.69) is 4.72 Å². The Labute approximate surface area is 154 Å². The third kappa shape index (κ3) is 5.01. The van der Waals surface area contributed by atoms with Gasteiger partial charge in [0, 0.05) is 24.1 Å². The molecule has 0 aliphatic heterocycles. The Bertz CT molecular complexity index is 905. The van der Waals surface area contributed by atoms with Gasteiger partial charge < -0.3 is 4.74 Å². The average molecular weight is 400 g/mol. The lowest BCUT2D eigenvalue weighted by Gasteiger charge is -2.13. The highest BCUT2D eigenvalue weighted by Gasteiger charge is 2.23. The highest BCUT2D eigenvalue weighted by Crippen LogP contribution is 2.37. The first-order valence-electron chi connectivity index (χ1n) is 7.46. The van der Waals surface area contributed by atoms with Gasteiger partial charge in [-0.25, -0.2) is 17.5 Å². The second kappa shape index (κ2) is 8.58. The zero-order chi connectivity index (χ0) is 19.3. The van der Waals surface area contributed by atoms with Gasteiger partial charge in [0.05, 0.1) is 21.3 Å². The van der Waals surface area contributed by atoms with E-state index in [4.69, 9.17) is 4.74 Å². The summed E-state index contributed by atoms with van der Waals surface area (Å²) in [5, 5.41) is 11.4. The molecule has 0 spiro atoms. The average Bonchev–Trinajstić information content (AvgIpc) is 2.56. The van der Waals surface area contributed by atoms with Crippen LogP contribution in [0.3, 0.4) is 0 Å². The van der Waals surface area contributed by atoms with Gasteiger partial charge in [-0.2, -0.15) is 0 Å². The van der Waals surface area contributed by atoms with Gasteiger partial charge in [-0.15, -0.1) is 0 Å². The molecule has 0 unspecified atom stereocenters. The quantitative estimate of drug-likeness (QED) is 0.540. The molecule has 0 aliphatic carbocycles. The van der Waals surface area contributed by atoms with Crippen LogP contribution in [0.15, 0.2) is 57.2 Å². The molecule has 2 rings (SSSR count). The molecular formula is C16H17FN2O5S2. The molecule has 2 aromatic carbocycles. The molecule has 0 saturated heterocycles. The summed E-state index contributed by atoms with van der Waals surface area (Å²) in [6.07, 6.45) is 0. The molecule has 0 radical (unpaired) electrons. The highest BCUT2D eigenvalue weighted by molar-refractivity contribution is 7.99. The molecule has 2 aromatic rings. The highest BCUT2D eigenvalue weighted by atomic mass is 32.2. The van der Waals surface area contributed by atoms with Gasteiger partial charge in [0.2, 0.25) is 10.0 Å². The summed E-state index contributed by atoms with van der Waals surface area (Å²) in [5.74, 6) is -0.515. The van der Waals surface area contributed by atoms with Crippen molar-refractivity contribution in [3.63, 3.8) is 0 Å². The number of sulfonamides is 1. The SMILES string of the molecule is COC[C@@H](C)NS(=O)(=O)c1ccc(Sc2ccccc2F)c([N+](=O)[O-])c1. The van der Waals surface area contributed by atoms with Crippen LogP contribution in [0.4, 0.5) is 10.1 Å². The molecule has 7 nitrogen and oxygen atoms in total. The number of nitrogens with zero attached hydrogens (tertiary/aromatic N) is 1. The molecular weight excluding hydrogens is 383 g/mol. The van der Waals surface area contributed by atoms with E-state index < -0.39 is 32.5 Å². The maximum atomic E-state index is 13.8. The first-order chi connectivity index (χ1) is 12.2. The van der Waals surface area contributed by atoms with Crippen molar-refractivity contribution in [1.82, 2.24) is 4.72 Å². The Morgan fingerprint density at radius 3 is 2.58 bits per heavy atom. The fourth-order valence-electron chi connectivity index (χ4n) is 2.16. The van der Waals surface area contributed by atoms with Crippen LogP contribution in [-0.2, 0) is 14.8 Å². The lowest BCUT2D eigenvalue weighted by atomic mass is 10.3. The topological polar surface area (TPSA) is 98.5 Å². The smallest absolute Gasteiger partial charge is 0.284 e. The summed E-state index contributed by atoms with van der Waals surface area (Å²) in [6, 6.07) is 8.86. The standard InChI is InChI=1S/C16H17FN2O5S2/c1-11(10-24-2)18-26(22,23)12-7-8-16(14(9-12)19(20)21)25-15-6-4-3-5-13(15)17/h3-9,11,18H,10H2,1-2H3/t11-/m1/s1. The van der Waals surface area contributed by atoms with Gasteiger partial charge in [0.1, 0.15) is 5.82 Å². The molecule has 0 fully saturated rings. The Balaban J connectivity index is 2.37. The Kier molecular flexibility index (Phi) is 6.70. The molecule has 26 heavy (non-hydrogen) atoms. The van der Waals surface area contributed by atoms with Gasteiger partial charge in [0.15, 0.2) is 0 Å². The predicted molar refractivity (Wildman–Crippen MR) is 95.3 cm³/mol. The Hall–Kier alpha value is -2.01. The molecule has 140 valence electrons. The summed E-state index contributed by atoms with van der Waals surface area (Å²) >= 11 is 0.859. The number of hydrogen-bond donors (Lipinski definition) is 1. The monoisotopic (exact) mass is 400 g/mol. The van der Waals surface area contributed by atoms with E-state index in [1.807, 2.05) is 0 Å². The number of ether oxygens (including phenoxy) is 1. The Morgan fingerprint density at radius 2 is 1.96 bits per heavy atom. The van der Waals surface area contributed by atoms with Gasteiger partial charge in [-0.1, -0.05) is 23.9 Å². The number of methoxy groups -OCH3 is 1. The van der Waals surface area contributed by atoms with Crippen molar-refractivity contribution in [3.8, 4) is 0 Å². The minimum Gasteiger partial charge on any atom is -0.383 e. The molecule has 0 bridgehead atoms. The van der Waals surface area contributed by atoms with Gasteiger partial charge >= 0.3 is 0 Å². The zero-order valence-electron chi connectivity index (χ0n) is 14.0. The van der Waals surface area contributed by atoms with Crippen molar-refractivity contribution in [3.05, 3.63) is 58.4 Å². The van der Waals surface area contributed by atoms with E-state index in [9.17, 15) is 22.9 Å². The van der Waals surface area contributed by atoms with E-state index >= 15 is 0 Å². The van der Waals surface area contributed by atoms with Crippen LogP contribution in [0.25, 0.3) is 0 Å². The molecule has 0 saturated carbocycles. The first-order valence-corrected chi connectivity index (χ1v) is 9.76. The lowest BCUT2D eigenvalue weighted by Crippen LogP contribution is -2.35. The van der Waals surface area contributed by atoms with E-state index in [0.717, 1.165) is 17.8 Å². The first kappa shape index (κ1) is 20.3. The molecule has 0 aromatic heterocycles. The van der Waals surface area contributed by atoms with Crippen molar-refractivity contribution in [1.29, 1.82) is 0 Å². The molecule has 10 heteroatoms. The third-order valence-corrected chi connectivity index (χ3v) is 5.97. The minimum absolute atomic E-state index is 0.143. The van der Waals surface area contributed by atoms with E-state index in [-0.39, 0.29) is 21.3 Å². The van der Waals surface area contributed by atoms with Crippen molar-refractivity contribution < 1.29 is 22.5 Å². The second-order valence-corrected chi connectivity index (χ2v) is 8.19. The van der Waals surface area contributed by atoms with Gasteiger partial charge in [-0.05, 0) is 31.2 Å². The molecule has 0 amide bonds. The van der Waals surface area contributed by atoms with Crippen molar-refractivity contribution in [2.45, 2.75) is 27.7 Å². The van der Waals surface area contributed by atoms with Crippen LogP contribution < -0.4 is 4.72 Å². The van der Waals surface area contributed by atoms with Crippen molar-refractivity contribution in [2.24, 2.45) is 0 Å². The summed E-state index contributed by atoms with van der Waals surface area (Å²) in [4.78, 5) is 10.8. The lowest BCUT2D eigenvalue weighted by molar-refractivity contribution is -0.388. The molecule has 0 heterocycles. The van der Waals surface area contributed by atoms with Crippen LogP contribution in [0.2, 0.25) is 0 Å². The normalized spacial score (nSPS) is 12.7. The summed E-state index contributed by atoms with van der Waals surface area (Å²) in [7, 11) is -2.52. The van der Waals surface area contributed by atoms with Crippen LogP contribution in [0.5, 0.6) is 0 Å². The zero-order valence-corrected chi connectivity index (χ0v) is 15.6. The number of rotatable bonds is 8. The van der Waals surface area contributed by atoms with E-state index in [1.54, 1.807) is 13.0 Å². The number of benzene rings is 2. The van der Waals surface area contributed by atoms with Crippen molar-refractivity contribution >= 4 is 27.5 Å². The minimum atomic E-state index is -3.95. The second-order valence-electron chi connectivity index (χ2n) is 5.40. The van der Waals surface area contributed by atoms with Crippen LogP contribution in [0, 0.1) is 15.9 Å².